The molecule has 0 spiro atoms. The maximum Gasteiger partial charge on any atom is 0.339 e. The Morgan fingerprint density at radius 1 is 1.53 bits per heavy atom. The van der Waals surface area contributed by atoms with Gasteiger partial charge in [-0.15, -0.1) is 0 Å². The summed E-state index contributed by atoms with van der Waals surface area (Å²) in [5.41, 5.74) is 0.717. The van der Waals surface area contributed by atoms with Crippen LogP contribution in [0.5, 0.6) is 0 Å². The average molecular weight is 204 g/mol. The van der Waals surface area contributed by atoms with Crippen molar-refractivity contribution in [2.45, 2.75) is 6.92 Å². The van der Waals surface area contributed by atoms with Gasteiger partial charge in [-0.1, -0.05) is 0 Å². The summed E-state index contributed by atoms with van der Waals surface area (Å²) in [5, 5.41) is 12.8. The fourth-order valence-corrected chi connectivity index (χ4v) is 1.26. The van der Waals surface area contributed by atoms with Crippen LogP contribution in [0, 0.1) is 6.92 Å². The number of carboxylic acid groups (broad SMARTS) is 1. The second-order valence-electron chi connectivity index (χ2n) is 2.93. The molecule has 0 bridgehead atoms. The topological polar surface area (TPSA) is 80.9 Å². The van der Waals surface area contributed by atoms with Crippen LogP contribution in [0.3, 0.4) is 0 Å². The lowest BCUT2D eigenvalue weighted by molar-refractivity contribution is 0.0696. The summed E-state index contributed by atoms with van der Waals surface area (Å²) in [6.07, 6.45) is 4.26. The molecule has 2 rings (SSSR count). The van der Waals surface area contributed by atoms with Crippen molar-refractivity contribution in [2.75, 3.05) is 0 Å². The molecule has 0 saturated carbocycles. The normalized spacial score (nSPS) is 10.2. The molecule has 6 nitrogen and oxygen atoms in total. The van der Waals surface area contributed by atoms with Crippen LogP contribution >= 0.6 is 0 Å². The van der Waals surface area contributed by atoms with Gasteiger partial charge in [-0.2, -0.15) is 5.10 Å². The third-order valence-electron chi connectivity index (χ3n) is 2.02. The molecular formula is C9H8N4O2. The summed E-state index contributed by atoms with van der Waals surface area (Å²) in [4.78, 5) is 18.5. The van der Waals surface area contributed by atoms with E-state index in [-0.39, 0.29) is 5.56 Å². The Morgan fingerprint density at radius 2 is 2.33 bits per heavy atom. The minimum Gasteiger partial charge on any atom is -0.478 e. The maximum absolute atomic E-state index is 10.8. The fourth-order valence-electron chi connectivity index (χ4n) is 1.26. The van der Waals surface area contributed by atoms with Crippen molar-refractivity contribution in [3.05, 3.63) is 36.0 Å². The van der Waals surface area contributed by atoms with Gasteiger partial charge in [-0.05, 0) is 6.92 Å². The Hall–Kier alpha value is -2.24. The van der Waals surface area contributed by atoms with E-state index in [4.69, 9.17) is 5.11 Å². The van der Waals surface area contributed by atoms with Crippen molar-refractivity contribution in [2.24, 2.45) is 0 Å². The molecule has 0 aliphatic rings. The van der Waals surface area contributed by atoms with Crippen LogP contribution in [-0.4, -0.2) is 30.8 Å². The van der Waals surface area contributed by atoms with Crippen LogP contribution in [0.2, 0.25) is 0 Å². The van der Waals surface area contributed by atoms with Gasteiger partial charge in [0.1, 0.15) is 11.9 Å². The lowest BCUT2D eigenvalue weighted by Crippen LogP contribution is -2.04. The molecule has 0 saturated heterocycles. The zero-order valence-corrected chi connectivity index (χ0v) is 7.95. The van der Waals surface area contributed by atoms with Gasteiger partial charge in [0.2, 0.25) is 0 Å². The molecule has 0 unspecified atom stereocenters. The van der Waals surface area contributed by atoms with Gasteiger partial charge in [0.05, 0.1) is 11.9 Å². The molecule has 0 aromatic carbocycles. The monoisotopic (exact) mass is 204 g/mol. The van der Waals surface area contributed by atoms with E-state index < -0.39 is 5.97 Å². The number of carboxylic acids is 1. The van der Waals surface area contributed by atoms with Gasteiger partial charge in [-0.25, -0.2) is 19.4 Å². The van der Waals surface area contributed by atoms with Gasteiger partial charge < -0.3 is 5.11 Å². The Morgan fingerprint density at radius 3 is 2.87 bits per heavy atom. The summed E-state index contributed by atoms with van der Waals surface area (Å²) in [5.74, 6) is -0.442. The predicted molar refractivity (Wildman–Crippen MR) is 50.9 cm³/mol. The van der Waals surface area contributed by atoms with E-state index >= 15 is 0 Å². The van der Waals surface area contributed by atoms with Crippen LogP contribution in [0.15, 0.2) is 24.8 Å². The molecule has 0 aliphatic heterocycles. The zero-order valence-electron chi connectivity index (χ0n) is 7.95. The van der Waals surface area contributed by atoms with Crippen LogP contribution < -0.4 is 0 Å². The fraction of sp³-hybridized carbons (Fsp3) is 0.111. The first-order valence-corrected chi connectivity index (χ1v) is 4.24. The third-order valence-corrected chi connectivity index (χ3v) is 2.02. The van der Waals surface area contributed by atoms with E-state index in [9.17, 15) is 4.79 Å². The van der Waals surface area contributed by atoms with E-state index in [1.807, 2.05) is 0 Å². The highest BCUT2D eigenvalue weighted by Crippen LogP contribution is 2.11. The Bertz CT molecular complexity index is 492. The summed E-state index contributed by atoms with van der Waals surface area (Å²) in [6.45, 7) is 1.68. The number of carbonyl (C=O) groups is 1. The molecule has 0 aliphatic carbocycles. The molecule has 76 valence electrons. The molecule has 0 atom stereocenters. The second kappa shape index (κ2) is 3.49. The largest absolute Gasteiger partial charge is 0.478 e. The molecule has 0 radical (unpaired) electrons. The maximum atomic E-state index is 10.8. The van der Waals surface area contributed by atoms with Crippen LogP contribution in [-0.2, 0) is 0 Å². The molecular weight excluding hydrogens is 196 g/mol. The SMILES string of the molecule is Cc1c(C(=O)O)cnn1-c1ccncn1. The number of hydrogen-bond donors (Lipinski definition) is 1. The van der Waals surface area contributed by atoms with Crippen LogP contribution in [0.4, 0.5) is 0 Å². The van der Waals surface area contributed by atoms with Crippen molar-refractivity contribution >= 4 is 5.97 Å². The Labute approximate surface area is 85.2 Å². The lowest BCUT2D eigenvalue weighted by Gasteiger charge is -2.01. The third kappa shape index (κ3) is 1.56. The number of rotatable bonds is 2. The molecule has 0 fully saturated rings. The zero-order chi connectivity index (χ0) is 10.8. The first kappa shape index (κ1) is 9.32. The van der Waals surface area contributed by atoms with Gasteiger partial charge in [-0.3, -0.25) is 0 Å². The van der Waals surface area contributed by atoms with Crippen LogP contribution in [0.25, 0.3) is 5.82 Å². The molecule has 1 N–H and O–H groups in total. The number of nitrogens with zero attached hydrogens (tertiary/aromatic N) is 4. The number of aromatic carboxylic acids is 1. The van der Waals surface area contributed by atoms with Gasteiger partial charge in [0.15, 0.2) is 5.82 Å². The lowest BCUT2D eigenvalue weighted by atomic mass is 10.3. The quantitative estimate of drug-likeness (QED) is 0.777. The minimum absolute atomic E-state index is 0.175. The highest BCUT2D eigenvalue weighted by Gasteiger charge is 2.13. The van der Waals surface area contributed by atoms with Crippen molar-refractivity contribution in [3.8, 4) is 5.82 Å². The van der Waals surface area contributed by atoms with E-state index in [0.717, 1.165) is 0 Å². The van der Waals surface area contributed by atoms with Crippen molar-refractivity contribution in [3.63, 3.8) is 0 Å². The van der Waals surface area contributed by atoms with Gasteiger partial charge >= 0.3 is 5.97 Å². The predicted octanol–water partition coefficient (Wildman–Crippen LogP) is 0.669. The molecule has 2 aromatic heterocycles. The van der Waals surface area contributed by atoms with E-state index in [1.54, 1.807) is 19.2 Å². The first-order valence-electron chi connectivity index (χ1n) is 4.24. The van der Waals surface area contributed by atoms with Gasteiger partial charge in [0, 0.05) is 12.3 Å². The highest BCUT2D eigenvalue weighted by atomic mass is 16.4. The molecule has 2 heterocycles. The van der Waals surface area contributed by atoms with Crippen molar-refractivity contribution in [1.29, 1.82) is 0 Å². The molecule has 2 aromatic rings. The van der Waals surface area contributed by atoms with Gasteiger partial charge in [0.25, 0.3) is 0 Å². The highest BCUT2D eigenvalue weighted by molar-refractivity contribution is 5.88. The smallest absolute Gasteiger partial charge is 0.339 e. The summed E-state index contributed by atoms with van der Waals surface area (Å²) >= 11 is 0. The summed E-state index contributed by atoms with van der Waals surface area (Å²) < 4.78 is 1.46. The average Bonchev–Trinajstić information content (AvgIpc) is 2.61. The number of hydrogen-bond acceptors (Lipinski definition) is 4. The molecule has 15 heavy (non-hydrogen) atoms. The van der Waals surface area contributed by atoms with Crippen molar-refractivity contribution < 1.29 is 9.90 Å². The number of aromatic nitrogens is 4. The van der Waals surface area contributed by atoms with E-state index in [1.165, 1.54) is 17.2 Å². The molecule has 0 amide bonds. The first-order chi connectivity index (χ1) is 7.20. The standard InChI is InChI=1S/C9H8N4O2/c1-6-7(9(14)15)4-12-13(6)8-2-3-10-5-11-8/h2-5H,1H3,(H,14,15). The van der Waals surface area contributed by atoms with E-state index in [0.29, 0.717) is 11.5 Å². The Kier molecular flexibility index (Phi) is 2.17. The molecule has 6 heteroatoms. The summed E-state index contributed by atoms with van der Waals surface area (Å²) in [7, 11) is 0. The van der Waals surface area contributed by atoms with Crippen LogP contribution in [0.1, 0.15) is 16.1 Å². The minimum atomic E-state index is -0.993. The summed E-state index contributed by atoms with van der Waals surface area (Å²) in [6, 6.07) is 1.66. The second-order valence-corrected chi connectivity index (χ2v) is 2.93. The van der Waals surface area contributed by atoms with E-state index in [2.05, 4.69) is 15.1 Å². The Balaban J connectivity index is 2.52. The van der Waals surface area contributed by atoms with Crippen molar-refractivity contribution in [1.82, 2.24) is 19.7 Å².